The van der Waals surface area contributed by atoms with Gasteiger partial charge in [0.2, 0.25) is 5.69 Å². The highest BCUT2D eigenvalue weighted by atomic mass is 16.3. The molecule has 0 unspecified atom stereocenters. The van der Waals surface area contributed by atoms with E-state index in [1.807, 2.05) is 0 Å². The zero-order valence-electron chi connectivity index (χ0n) is 18.8. The third-order valence-corrected chi connectivity index (χ3v) is 7.30. The molecule has 4 aromatic rings. The van der Waals surface area contributed by atoms with Gasteiger partial charge in [0.05, 0.1) is 5.56 Å². The number of fused-ring (bicyclic) bond motifs is 3. The van der Waals surface area contributed by atoms with Crippen molar-refractivity contribution in [3.63, 3.8) is 0 Å². The molecule has 0 fully saturated rings. The van der Waals surface area contributed by atoms with E-state index in [-0.39, 0.29) is 5.41 Å². The lowest BCUT2D eigenvalue weighted by atomic mass is 9.86. The summed E-state index contributed by atoms with van der Waals surface area (Å²) in [6.45, 7) is 6.89. The van der Waals surface area contributed by atoms with E-state index in [4.69, 9.17) is 4.42 Å². The van der Waals surface area contributed by atoms with Crippen LogP contribution < -0.4 is 4.57 Å². The highest BCUT2D eigenvalue weighted by Crippen LogP contribution is 2.53. The molecule has 2 nitrogen and oxygen atoms in total. The molecule has 0 amide bonds. The molecule has 0 radical (unpaired) electrons. The van der Waals surface area contributed by atoms with Crippen molar-refractivity contribution in [2.75, 3.05) is 0 Å². The second-order valence-electron chi connectivity index (χ2n) is 9.71. The number of para-hydroxylation sites is 1. The van der Waals surface area contributed by atoms with E-state index in [1.165, 1.54) is 58.0 Å². The van der Waals surface area contributed by atoms with Crippen molar-refractivity contribution < 1.29 is 8.98 Å². The van der Waals surface area contributed by atoms with Gasteiger partial charge in [-0.3, -0.25) is 0 Å². The van der Waals surface area contributed by atoms with Crippen LogP contribution in [-0.4, -0.2) is 0 Å². The molecule has 2 heteroatoms. The molecule has 2 aliphatic rings. The van der Waals surface area contributed by atoms with Gasteiger partial charge >= 0.3 is 0 Å². The van der Waals surface area contributed by atoms with Crippen molar-refractivity contribution in [1.29, 1.82) is 0 Å². The molecule has 154 valence electrons. The quantitative estimate of drug-likeness (QED) is 0.319. The van der Waals surface area contributed by atoms with E-state index >= 15 is 0 Å². The topological polar surface area (TPSA) is 17.0 Å². The largest absolute Gasteiger partial charge is 0.454 e. The zero-order valence-corrected chi connectivity index (χ0v) is 18.8. The summed E-state index contributed by atoms with van der Waals surface area (Å²) in [7, 11) is 2.10. The van der Waals surface area contributed by atoms with Gasteiger partial charge in [-0.05, 0) is 49.0 Å². The van der Waals surface area contributed by atoms with Crippen LogP contribution in [0.1, 0.15) is 44.2 Å². The fraction of sp³-hybridized carbons (Fsp3) is 0.276. The molecule has 2 aromatic heterocycles. The van der Waals surface area contributed by atoms with Crippen LogP contribution in [0.25, 0.3) is 38.8 Å². The Morgan fingerprint density at radius 3 is 2.58 bits per heavy atom. The number of aromatic nitrogens is 1. The minimum Gasteiger partial charge on any atom is -0.454 e. The van der Waals surface area contributed by atoms with Crippen LogP contribution in [0.4, 0.5) is 0 Å². The molecular formula is C29H28NO+. The van der Waals surface area contributed by atoms with Gasteiger partial charge in [-0.15, -0.1) is 0 Å². The number of hydrogen-bond donors (Lipinski definition) is 0. The van der Waals surface area contributed by atoms with E-state index in [2.05, 4.69) is 93.2 Å². The molecule has 0 N–H and O–H groups in total. The molecule has 0 saturated carbocycles. The first-order chi connectivity index (χ1) is 15.0. The van der Waals surface area contributed by atoms with E-state index in [1.54, 1.807) is 11.1 Å². The molecule has 0 saturated heterocycles. The molecule has 2 aromatic carbocycles. The predicted octanol–water partition coefficient (Wildman–Crippen LogP) is 7.29. The highest BCUT2D eigenvalue weighted by molar-refractivity contribution is 6.13. The van der Waals surface area contributed by atoms with Gasteiger partial charge < -0.3 is 4.42 Å². The van der Waals surface area contributed by atoms with Gasteiger partial charge in [0.25, 0.3) is 0 Å². The first kappa shape index (κ1) is 18.6. The number of rotatable bonds is 2. The number of nitrogens with zero attached hydrogens (tertiary/aromatic N) is 1. The standard InChI is InChI=1S/C29H28NO/c1-18-14-15-22-20-10-7-11-21(23-17-29(2,3)24-12-8-9-19(23)24)27(20)31-28(22)26(18)25-13-5-6-16-30(25)4/h5-7,10-11,13-17H,8-9,12H2,1-4H3/q+1. The Labute approximate surface area is 183 Å². The summed E-state index contributed by atoms with van der Waals surface area (Å²) in [5, 5.41) is 2.40. The first-order valence-electron chi connectivity index (χ1n) is 11.3. The SMILES string of the molecule is Cc1ccc2c(oc3c(C4=CC(C)(C)C5=C4CCC5)cccc32)c1-c1cccc[n+]1C. The van der Waals surface area contributed by atoms with Gasteiger partial charge in [-0.2, -0.15) is 0 Å². The molecule has 2 aliphatic carbocycles. The van der Waals surface area contributed by atoms with Crippen LogP contribution in [0, 0.1) is 12.3 Å². The number of allylic oxidation sites excluding steroid dienone is 4. The van der Waals surface area contributed by atoms with Crippen molar-refractivity contribution in [3.05, 3.63) is 83.1 Å². The Morgan fingerprint density at radius 1 is 0.903 bits per heavy atom. The molecule has 31 heavy (non-hydrogen) atoms. The summed E-state index contributed by atoms with van der Waals surface area (Å²) in [4.78, 5) is 0. The maximum atomic E-state index is 6.76. The highest BCUT2D eigenvalue weighted by Gasteiger charge is 2.36. The number of furan rings is 1. The normalized spacial score (nSPS) is 17.6. The van der Waals surface area contributed by atoms with E-state index in [0.29, 0.717) is 0 Å². The van der Waals surface area contributed by atoms with E-state index in [0.717, 1.165) is 11.2 Å². The average Bonchev–Trinajstić information content (AvgIpc) is 3.43. The Hall–Kier alpha value is -3.13. The van der Waals surface area contributed by atoms with Crippen molar-refractivity contribution in [1.82, 2.24) is 0 Å². The molecule has 6 rings (SSSR count). The summed E-state index contributed by atoms with van der Waals surface area (Å²) < 4.78 is 8.93. The predicted molar refractivity (Wildman–Crippen MR) is 128 cm³/mol. The van der Waals surface area contributed by atoms with E-state index < -0.39 is 0 Å². The Balaban J connectivity index is 1.66. The lowest BCUT2D eigenvalue weighted by Gasteiger charge is -2.18. The van der Waals surface area contributed by atoms with Gasteiger partial charge in [0, 0.05) is 33.9 Å². The second-order valence-corrected chi connectivity index (χ2v) is 9.71. The number of hydrogen-bond acceptors (Lipinski definition) is 1. The number of benzene rings is 2. The van der Waals surface area contributed by atoms with Crippen LogP contribution in [0.5, 0.6) is 0 Å². The van der Waals surface area contributed by atoms with Gasteiger partial charge in [-0.1, -0.05) is 55.8 Å². The summed E-state index contributed by atoms with van der Waals surface area (Å²) in [5.74, 6) is 0. The summed E-state index contributed by atoms with van der Waals surface area (Å²) in [6.07, 6.45) is 8.26. The smallest absolute Gasteiger partial charge is 0.216 e. The summed E-state index contributed by atoms with van der Waals surface area (Å²) in [6, 6.07) is 17.4. The molecule has 0 aliphatic heterocycles. The van der Waals surface area contributed by atoms with Gasteiger partial charge in [0.1, 0.15) is 18.2 Å². The van der Waals surface area contributed by atoms with Crippen LogP contribution in [0.15, 0.2) is 76.4 Å². The molecule has 2 heterocycles. The van der Waals surface area contributed by atoms with Crippen LogP contribution in [-0.2, 0) is 7.05 Å². The number of aryl methyl sites for hydroxylation is 2. The van der Waals surface area contributed by atoms with Crippen molar-refractivity contribution >= 4 is 27.5 Å². The minimum absolute atomic E-state index is 0.148. The molecule has 0 atom stereocenters. The summed E-state index contributed by atoms with van der Waals surface area (Å²) in [5.41, 5.74) is 11.6. The lowest BCUT2D eigenvalue weighted by Crippen LogP contribution is -2.30. The van der Waals surface area contributed by atoms with Crippen molar-refractivity contribution in [2.45, 2.75) is 40.0 Å². The van der Waals surface area contributed by atoms with Crippen LogP contribution in [0.2, 0.25) is 0 Å². The zero-order chi connectivity index (χ0) is 21.3. The van der Waals surface area contributed by atoms with Gasteiger partial charge in [0.15, 0.2) is 6.20 Å². The second kappa shape index (κ2) is 6.43. The molecular weight excluding hydrogens is 378 g/mol. The fourth-order valence-corrected chi connectivity index (χ4v) is 5.80. The maximum absolute atomic E-state index is 6.76. The third-order valence-electron chi connectivity index (χ3n) is 7.30. The van der Waals surface area contributed by atoms with E-state index in [9.17, 15) is 0 Å². The van der Waals surface area contributed by atoms with Gasteiger partial charge in [-0.25, -0.2) is 4.57 Å². The van der Waals surface area contributed by atoms with Crippen molar-refractivity contribution in [3.8, 4) is 11.3 Å². The maximum Gasteiger partial charge on any atom is 0.216 e. The molecule has 0 spiro atoms. The number of pyridine rings is 1. The Bertz CT molecular complexity index is 1440. The molecule has 0 bridgehead atoms. The minimum atomic E-state index is 0.148. The Morgan fingerprint density at radius 2 is 1.74 bits per heavy atom. The fourth-order valence-electron chi connectivity index (χ4n) is 5.80. The van der Waals surface area contributed by atoms with Crippen LogP contribution in [0.3, 0.4) is 0 Å². The first-order valence-corrected chi connectivity index (χ1v) is 11.3. The average molecular weight is 407 g/mol. The monoisotopic (exact) mass is 406 g/mol. The third kappa shape index (κ3) is 2.61. The Kier molecular flexibility index (Phi) is 3.87. The summed E-state index contributed by atoms with van der Waals surface area (Å²) >= 11 is 0. The van der Waals surface area contributed by atoms with Crippen LogP contribution >= 0.6 is 0 Å². The van der Waals surface area contributed by atoms with Crippen molar-refractivity contribution in [2.24, 2.45) is 12.5 Å². The lowest BCUT2D eigenvalue weighted by molar-refractivity contribution is -0.660.